The van der Waals surface area contributed by atoms with Crippen LogP contribution < -0.4 is 0 Å². The summed E-state index contributed by atoms with van der Waals surface area (Å²) in [4.78, 5) is 10.8. The Labute approximate surface area is 103 Å². The molecule has 0 aromatic heterocycles. The Kier molecular flexibility index (Phi) is 3.10. The molecule has 0 unspecified atom stereocenters. The predicted molar refractivity (Wildman–Crippen MR) is 63.5 cm³/mol. The Morgan fingerprint density at radius 2 is 1.83 bits per heavy atom. The second kappa shape index (κ2) is 4.56. The van der Waals surface area contributed by atoms with E-state index < -0.39 is 17.6 Å². The first-order chi connectivity index (χ1) is 8.47. The average molecular weight is 248 g/mol. The number of carbonyl (C=O) groups is 1. The topological polar surface area (TPSA) is 37.3 Å². The van der Waals surface area contributed by atoms with E-state index in [1.165, 1.54) is 24.3 Å². The van der Waals surface area contributed by atoms with Gasteiger partial charge in [0.1, 0.15) is 11.6 Å². The van der Waals surface area contributed by atoms with Gasteiger partial charge in [-0.25, -0.2) is 13.6 Å². The van der Waals surface area contributed by atoms with Gasteiger partial charge >= 0.3 is 5.97 Å². The smallest absolute Gasteiger partial charge is 0.335 e. The normalized spacial score (nSPS) is 10.4. The fourth-order valence-electron chi connectivity index (χ4n) is 1.77. The molecule has 0 heterocycles. The molecule has 2 aromatic carbocycles. The molecular formula is C14H10F2O2. The van der Waals surface area contributed by atoms with Crippen molar-refractivity contribution in [3.05, 3.63) is 59.2 Å². The fraction of sp³-hybridized carbons (Fsp3) is 0.0714. The molecule has 0 saturated heterocycles. The average Bonchev–Trinajstić information content (AvgIpc) is 2.27. The second-order valence-electron chi connectivity index (χ2n) is 4.02. The molecule has 0 aliphatic heterocycles. The van der Waals surface area contributed by atoms with E-state index in [9.17, 15) is 13.6 Å². The van der Waals surface area contributed by atoms with Gasteiger partial charge in [-0.3, -0.25) is 0 Å². The molecule has 0 saturated carbocycles. The Balaban J connectivity index is 2.62. The summed E-state index contributed by atoms with van der Waals surface area (Å²) in [6, 6.07) is 7.55. The molecular weight excluding hydrogens is 238 g/mol. The summed E-state index contributed by atoms with van der Waals surface area (Å²) in [5.74, 6) is -2.21. The number of aryl methyl sites for hydroxylation is 1. The summed E-state index contributed by atoms with van der Waals surface area (Å²) in [6.45, 7) is 1.69. The molecule has 0 bridgehead atoms. The molecule has 18 heavy (non-hydrogen) atoms. The van der Waals surface area contributed by atoms with E-state index in [2.05, 4.69) is 0 Å². The van der Waals surface area contributed by atoms with E-state index in [0.717, 1.165) is 6.07 Å². The third-order valence-corrected chi connectivity index (χ3v) is 2.57. The zero-order valence-electron chi connectivity index (χ0n) is 9.58. The van der Waals surface area contributed by atoms with Crippen LogP contribution in [0.5, 0.6) is 0 Å². The van der Waals surface area contributed by atoms with Crippen molar-refractivity contribution in [1.82, 2.24) is 0 Å². The van der Waals surface area contributed by atoms with E-state index >= 15 is 0 Å². The molecule has 1 N–H and O–H groups in total. The number of rotatable bonds is 2. The maximum absolute atomic E-state index is 13.7. The first kappa shape index (κ1) is 12.2. The Bertz CT molecular complexity index is 601. The number of halogens is 2. The predicted octanol–water partition coefficient (Wildman–Crippen LogP) is 3.64. The molecule has 0 amide bonds. The molecule has 4 heteroatoms. The molecule has 0 aliphatic rings. The number of benzene rings is 2. The van der Waals surface area contributed by atoms with E-state index in [-0.39, 0.29) is 11.1 Å². The third-order valence-electron chi connectivity index (χ3n) is 2.57. The standard InChI is InChI=1S/C14H10F2O2/c1-8-4-10(6-11(15)5-8)12-7-9(14(17)18)2-3-13(12)16/h2-7H,1H3,(H,17,18). The lowest BCUT2D eigenvalue weighted by Crippen LogP contribution is -1.98. The molecule has 0 radical (unpaired) electrons. The maximum Gasteiger partial charge on any atom is 0.335 e. The third kappa shape index (κ3) is 2.37. The van der Waals surface area contributed by atoms with Crippen LogP contribution >= 0.6 is 0 Å². The zero-order chi connectivity index (χ0) is 13.3. The summed E-state index contributed by atoms with van der Waals surface area (Å²) in [5, 5.41) is 8.86. The minimum absolute atomic E-state index is 0.0340. The van der Waals surface area contributed by atoms with Crippen molar-refractivity contribution < 1.29 is 18.7 Å². The van der Waals surface area contributed by atoms with Crippen LogP contribution in [-0.2, 0) is 0 Å². The fourth-order valence-corrected chi connectivity index (χ4v) is 1.77. The first-order valence-corrected chi connectivity index (χ1v) is 5.28. The SMILES string of the molecule is Cc1cc(F)cc(-c2cc(C(=O)O)ccc2F)c1. The molecule has 2 rings (SSSR count). The van der Waals surface area contributed by atoms with Crippen molar-refractivity contribution in [1.29, 1.82) is 0 Å². The second-order valence-corrected chi connectivity index (χ2v) is 4.02. The first-order valence-electron chi connectivity index (χ1n) is 5.28. The van der Waals surface area contributed by atoms with Gasteiger partial charge in [-0.15, -0.1) is 0 Å². The molecule has 0 fully saturated rings. The van der Waals surface area contributed by atoms with Crippen molar-refractivity contribution in [2.45, 2.75) is 6.92 Å². The molecule has 2 nitrogen and oxygen atoms in total. The van der Waals surface area contributed by atoms with Gasteiger partial charge in [0.25, 0.3) is 0 Å². The molecule has 92 valence electrons. The van der Waals surface area contributed by atoms with Gasteiger partial charge < -0.3 is 5.11 Å². The van der Waals surface area contributed by atoms with Crippen molar-refractivity contribution in [3.63, 3.8) is 0 Å². The van der Waals surface area contributed by atoms with Crippen LogP contribution in [-0.4, -0.2) is 11.1 Å². The van der Waals surface area contributed by atoms with Crippen LogP contribution in [0.25, 0.3) is 11.1 Å². The van der Waals surface area contributed by atoms with Crippen LogP contribution in [0.1, 0.15) is 15.9 Å². The quantitative estimate of drug-likeness (QED) is 0.880. The Morgan fingerprint density at radius 1 is 1.11 bits per heavy atom. The Morgan fingerprint density at radius 3 is 2.44 bits per heavy atom. The van der Waals surface area contributed by atoms with Gasteiger partial charge in [0, 0.05) is 5.56 Å². The maximum atomic E-state index is 13.7. The molecule has 0 aliphatic carbocycles. The van der Waals surface area contributed by atoms with Gasteiger partial charge in [0.2, 0.25) is 0 Å². The van der Waals surface area contributed by atoms with E-state index in [4.69, 9.17) is 5.11 Å². The summed E-state index contributed by atoms with van der Waals surface area (Å²) in [7, 11) is 0. The number of carboxylic acids is 1. The van der Waals surface area contributed by atoms with Crippen LogP contribution in [0, 0.1) is 18.6 Å². The summed E-state index contributed by atoms with van der Waals surface area (Å²) < 4.78 is 26.9. The van der Waals surface area contributed by atoms with Crippen LogP contribution in [0.15, 0.2) is 36.4 Å². The lowest BCUT2D eigenvalue weighted by molar-refractivity contribution is 0.0697. The van der Waals surface area contributed by atoms with Crippen molar-refractivity contribution in [2.75, 3.05) is 0 Å². The van der Waals surface area contributed by atoms with Gasteiger partial charge in [-0.1, -0.05) is 6.07 Å². The highest BCUT2D eigenvalue weighted by molar-refractivity contribution is 5.89. The van der Waals surface area contributed by atoms with E-state index in [0.29, 0.717) is 11.1 Å². The van der Waals surface area contributed by atoms with Crippen LogP contribution in [0.3, 0.4) is 0 Å². The minimum Gasteiger partial charge on any atom is -0.478 e. The summed E-state index contributed by atoms with van der Waals surface area (Å²) in [6.07, 6.45) is 0. The highest BCUT2D eigenvalue weighted by Gasteiger charge is 2.11. The van der Waals surface area contributed by atoms with Crippen molar-refractivity contribution >= 4 is 5.97 Å². The lowest BCUT2D eigenvalue weighted by Gasteiger charge is -2.06. The minimum atomic E-state index is -1.15. The molecule has 2 aromatic rings. The number of aromatic carboxylic acids is 1. The summed E-state index contributed by atoms with van der Waals surface area (Å²) >= 11 is 0. The molecule has 0 spiro atoms. The Hall–Kier alpha value is -2.23. The molecule has 0 atom stereocenters. The van der Waals surface area contributed by atoms with Gasteiger partial charge in [0.05, 0.1) is 5.56 Å². The van der Waals surface area contributed by atoms with E-state index in [1.807, 2.05) is 0 Å². The van der Waals surface area contributed by atoms with Gasteiger partial charge in [0.15, 0.2) is 0 Å². The van der Waals surface area contributed by atoms with Crippen LogP contribution in [0.2, 0.25) is 0 Å². The van der Waals surface area contributed by atoms with Crippen LogP contribution in [0.4, 0.5) is 8.78 Å². The lowest BCUT2D eigenvalue weighted by atomic mass is 10.0. The highest BCUT2D eigenvalue weighted by Crippen LogP contribution is 2.26. The zero-order valence-corrected chi connectivity index (χ0v) is 9.58. The largest absolute Gasteiger partial charge is 0.478 e. The van der Waals surface area contributed by atoms with Crippen molar-refractivity contribution in [2.24, 2.45) is 0 Å². The summed E-state index contributed by atoms with van der Waals surface area (Å²) in [5.41, 5.74) is 1.02. The van der Waals surface area contributed by atoms with E-state index in [1.54, 1.807) is 13.0 Å². The van der Waals surface area contributed by atoms with Crippen molar-refractivity contribution in [3.8, 4) is 11.1 Å². The number of hydrogen-bond acceptors (Lipinski definition) is 1. The monoisotopic (exact) mass is 248 g/mol. The van der Waals surface area contributed by atoms with Gasteiger partial charge in [-0.05, 0) is 48.4 Å². The number of carboxylic acid groups (broad SMARTS) is 1. The number of hydrogen-bond donors (Lipinski definition) is 1. The highest BCUT2D eigenvalue weighted by atomic mass is 19.1. The van der Waals surface area contributed by atoms with Gasteiger partial charge in [-0.2, -0.15) is 0 Å².